The molecule has 7 heteroatoms. The van der Waals surface area contributed by atoms with Crippen molar-refractivity contribution < 1.29 is 9.59 Å². The standard InChI is InChI=1S/C22H25N3O2S2/c1-4-6-19(28-3)22(27)25-12-5-7-18(25)21(26)23-13-16-8-10-17(11-9-16)20-15(2)24-14-29-20/h4,6,8-11,14,18H,1,5,7,12-13H2,2-3H3,(H,23,26). The van der Waals surface area contributed by atoms with Gasteiger partial charge in [0.15, 0.2) is 0 Å². The fourth-order valence-corrected chi connectivity index (χ4v) is 4.75. The summed E-state index contributed by atoms with van der Waals surface area (Å²) in [6.07, 6.45) is 6.69. The molecular formula is C22H25N3O2S2. The second-order valence-corrected chi connectivity index (χ2v) is 8.51. The van der Waals surface area contributed by atoms with Crippen molar-refractivity contribution in [3.8, 4) is 10.4 Å². The molecule has 2 amide bonds. The van der Waals surface area contributed by atoms with E-state index in [0.717, 1.165) is 28.1 Å². The summed E-state index contributed by atoms with van der Waals surface area (Å²) in [7, 11) is 0. The lowest BCUT2D eigenvalue weighted by atomic mass is 10.1. The predicted molar refractivity (Wildman–Crippen MR) is 121 cm³/mol. The van der Waals surface area contributed by atoms with Crippen LogP contribution < -0.4 is 5.32 Å². The van der Waals surface area contributed by atoms with E-state index in [9.17, 15) is 9.59 Å². The van der Waals surface area contributed by atoms with Gasteiger partial charge in [-0.15, -0.1) is 23.1 Å². The highest BCUT2D eigenvalue weighted by molar-refractivity contribution is 8.03. The first-order valence-electron chi connectivity index (χ1n) is 9.50. The summed E-state index contributed by atoms with van der Waals surface area (Å²) in [5.41, 5.74) is 5.03. The molecule has 1 aliphatic heterocycles. The van der Waals surface area contributed by atoms with Crippen LogP contribution in [-0.4, -0.2) is 40.5 Å². The second-order valence-electron chi connectivity index (χ2n) is 6.81. The number of hydrogen-bond acceptors (Lipinski definition) is 5. The number of amides is 2. The first kappa shape index (κ1) is 21.3. The van der Waals surface area contributed by atoms with Crippen LogP contribution in [0.4, 0.5) is 0 Å². The van der Waals surface area contributed by atoms with Crippen molar-refractivity contribution in [3.05, 3.63) is 64.7 Å². The van der Waals surface area contributed by atoms with E-state index in [1.54, 1.807) is 28.4 Å². The van der Waals surface area contributed by atoms with E-state index >= 15 is 0 Å². The summed E-state index contributed by atoms with van der Waals surface area (Å²) in [5, 5.41) is 2.99. The van der Waals surface area contributed by atoms with Gasteiger partial charge in [0.2, 0.25) is 5.91 Å². The Hall–Kier alpha value is -2.38. The Labute approximate surface area is 179 Å². The van der Waals surface area contributed by atoms with Gasteiger partial charge in [0, 0.05) is 13.1 Å². The number of carbonyl (C=O) groups excluding carboxylic acids is 2. The third-order valence-corrected chi connectivity index (χ3v) is 6.67. The SMILES string of the molecule is C=CC=C(SC)C(=O)N1CCCC1C(=O)NCc1ccc(-c2scnc2C)cc1. The first-order valence-corrected chi connectivity index (χ1v) is 11.6. The topological polar surface area (TPSA) is 62.3 Å². The molecule has 0 saturated carbocycles. The quantitative estimate of drug-likeness (QED) is 0.532. The minimum atomic E-state index is -0.415. The van der Waals surface area contributed by atoms with Crippen molar-refractivity contribution in [2.45, 2.75) is 32.4 Å². The van der Waals surface area contributed by atoms with Crippen LogP contribution in [0.1, 0.15) is 24.1 Å². The van der Waals surface area contributed by atoms with Crippen LogP contribution in [0, 0.1) is 6.92 Å². The summed E-state index contributed by atoms with van der Waals surface area (Å²) in [6.45, 7) is 6.71. The number of nitrogens with zero attached hydrogens (tertiary/aromatic N) is 2. The van der Waals surface area contributed by atoms with Crippen LogP contribution >= 0.6 is 23.1 Å². The molecule has 1 atom stereocenters. The molecule has 152 valence electrons. The van der Waals surface area contributed by atoms with E-state index in [1.807, 2.05) is 30.8 Å². The van der Waals surface area contributed by atoms with Gasteiger partial charge < -0.3 is 10.2 Å². The molecule has 1 N–H and O–H groups in total. The van der Waals surface area contributed by atoms with Gasteiger partial charge in [0.25, 0.3) is 5.91 Å². The van der Waals surface area contributed by atoms with Gasteiger partial charge in [-0.1, -0.05) is 36.9 Å². The lowest BCUT2D eigenvalue weighted by Gasteiger charge is -2.24. The fourth-order valence-electron chi connectivity index (χ4n) is 3.42. The predicted octanol–water partition coefficient (Wildman–Crippen LogP) is 4.16. The maximum absolute atomic E-state index is 12.7. The minimum Gasteiger partial charge on any atom is -0.350 e. The fraction of sp³-hybridized carbons (Fsp3) is 0.318. The van der Waals surface area contributed by atoms with Crippen molar-refractivity contribution in [2.75, 3.05) is 12.8 Å². The van der Waals surface area contributed by atoms with E-state index in [2.05, 4.69) is 29.0 Å². The molecule has 0 bridgehead atoms. The Morgan fingerprint density at radius 2 is 2.14 bits per heavy atom. The molecule has 5 nitrogen and oxygen atoms in total. The third-order valence-electron chi connectivity index (χ3n) is 4.94. The van der Waals surface area contributed by atoms with Gasteiger partial charge in [-0.25, -0.2) is 4.98 Å². The van der Waals surface area contributed by atoms with Crippen LogP contribution in [0.3, 0.4) is 0 Å². The zero-order valence-electron chi connectivity index (χ0n) is 16.7. The normalized spacial score (nSPS) is 16.7. The smallest absolute Gasteiger partial charge is 0.260 e. The van der Waals surface area contributed by atoms with E-state index < -0.39 is 6.04 Å². The number of thiazole rings is 1. The lowest BCUT2D eigenvalue weighted by Crippen LogP contribution is -2.46. The molecule has 1 aromatic carbocycles. The van der Waals surface area contributed by atoms with Gasteiger partial charge >= 0.3 is 0 Å². The van der Waals surface area contributed by atoms with E-state index in [4.69, 9.17) is 0 Å². The summed E-state index contributed by atoms with van der Waals surface area (Å²) >= 11 is 3.00. The molecule has 1 aromatic heterocycles. The number of benzene rings is 1. The first-order chi connectivity index (χ1) is 14.0. The van der Waals surface area contributed by atoms with Crippen LogP contribution in [0.5, 0.6) is 0 Å². The van der Waals surface area contributed by atoms with Gasteiger partial charge in [-0.2, -0.15) is 0 Å². The highest BCUT2D eigenvalue weighted by Gasteiger charge is 2.34. The van der Waals surface area contributed by atoms with Crippen molar-refractivity contribution >= 4 is 34.9 Å². The maximum atomic E-state index is 12.7. The Morgan fingerprint density at radius 1 is 1.38 bits per heavy atom. The molecule has 1 saturated heterocycles. The number of aromatic nitrogens is 1. The van der Waals surface area contributed by atoms with Gasteiger partial charge in [-0.05, 0) is 43.2 Å². The molecular weight excluding hydrogens is 402 g/mol. The highest BCUT2D eigenvalue weighted by atomic mass is 32.2. The van der Waals surface area contributed by atoms with Gasteiger partial charge in [0.05, 0.1) is 21.0 Å². The molecule has 0 radical (unpaired) electrons. The highest BCUT2D eigenvalue weighted by Crippen LogP contribution is 2.27. The van der Waals surface area contributed by atoms with E-state index in [1.165, 1.54) is 11.8 Å². The van der Waals surface area contributed by atoms with Crippen molar-refractivity contribution in [1.82, 2.24) is 15.2 Å². The zero-order valence-corrected chi connectivity index (χ0v) is 18.3. The van der Waals surface area contributed by atoms with Crippen molar-refractivity contribution in [1.29, 1.82) is 0 Å². The van der Waals surface area contributed by atoms with E-state index in [0.29, 0.717) is 24.4 Å². The largest absolute Gasteiger partial charge is 0.350 e. The summed E-state index contributed by atoms with van der Waals surface area (Å²) < 4.78 is 0. The molecule has 2 aromatic rings. The number of rotatable bonds is 7. The number of nitrogens with one attached hydrogen (secondary N) is 1. The minimum absolute atomic E-state index is 0.0978. The zero-order chi connectivity index (χ0) is 20.8. The second kappa shape index (κ2) is 9.89. The molecule has 2 heterocycles. The third kappa shape index (κ3) is 4.97. The molecule has 1 fully saturated rings. The number of hydrogen-bond donors (Lipinski definition) is 1. The van der Waals surface area contributed by atoms with Crippen molar-refractivity contribution in [3.63, 3.8) is 0 Å². The molecule has 0 aliphatic carbocycles. The average Bonchev–Trinajstić information content (AvgIpc) is 3.39. The van der Waals surface area contributed by atoms with Crippen LogP contribution in [-0.2, 0) is 16.1 Å². The van der Waals surface area contributed by atoms with Gasteiger partial charge in [-0.3, -0.25) is 9.59 Å². The Kier molecular flexibility index (Phi) is 7.28. The number of carbonyl (C=O) groups is 2. The molecule has 29 heavy (non-hydrogen) atoms. The monoisotopic (exact) mass is 427 g/mol. The molecule has 3 rings (SSSR count). The summed E-state index contributed by atoms with van der Waals surface area (Å²) in [5.74, 6) is -0.198. The Balaban J connectivity index is 1.61. The van der Waals surface area contributed by atoms with Gasteiger partial charge in [0.1, 0.15) is 6.04 Å². The molecule has 0 spiro atoms. The number of allylic oxidation sites excluding steroid dienone is 2. The molecule has 1 unspecified atom stereocenters. The Bertz CT molecular complexity index is 918. The molecule has 1 aliphatic rings. The lowest BCUT2D eigenvalue weighted by molar-refractivity contribution is -0.135. The summed E-state index contributed by atoms with van der Waals surface area (Å²) in [4.78, 5) is 33.2. The van der Waals surface area contributed by atoms with Crippen LogP contribution in [0.25, 0.3) is 10.4 Å². The number of aryl methyl sites for hydroxylation is 1. The number of likely N-dealkylation sites (tertiary alicyclic amines) is 1. The summed E-state index contributed by atoms with van der Waals surface area (Å²) in [6, 6.07) is 7.73. The Morgan fingerprint density at radius 3 is 2.76 bits per heavy atom. The maximum Gasteiger partial charge on any atom is 0.260 e. The van der Waals surface area contributed by atoms with Crippen molar-refractivity contribution in [2.24, 2.45) is 0 Å². The van der Waals surface area contributed by atoms with Crippen LogP contribution in [0.15, 0.2) is 53.4 Å². The van der Waals surface area contributed by atoms with E-state index in [-0.39, 0.29) is 11.8 Å². The average molecular weight is 428 g/mol. The van der Waals surface area contributed by atoms with Crippen LogP contribution in [0.2, 0.25) is 0 Å². The number of thioether (sulfide) groups is 1.